The van der Waals surface area contributed by atoms with Crippen molar-refractivity contribution in [2.24, 2.45) is 0 Å². The zero-order valence-electron chi connectivity index (χ0n) is 14.1. The number of nitrogens with one attached hydrogen (secondary N) is 1. The molecule has 5 nitrogen and oxygen atoms in total. The van der Waals surface area contributed by atoms with Gasteiger partial charge in [-0.15, -0.1) is 0 Å². The molecule has 28 heavy (non-hydrogen) atoms. The first-order chi connectivity index (χ1) is 13.2. The van der Waals surface area contributed by atoms with Crippen molar-refractivity contribution in [3.8, 4) is 17.4 Å². The van der Waals surface area contributed by atoms with E-state index in [1.807, 2.05) is 0 Å². The molecule has 0 saturated carbocycles. The molecule has 9 heteroatoms. The number of ether oxygens (including phenoxy) is 1. The number of rotatable bonds is 3. The highest BCUT2D eigenvalue weighted by Crippen LogP contribution is 2.43. The number of fused-ring (bicyclic) bond motifs is 1. The van der Waals surface area contributed by atoms with Gasteiger partial charge in [0.25, 0.3) is 0 Å². The van der Waals surface area contributed by atoms with Gasteiger partial charge in [-0.2, -0.15) is 13.2 Å². The smallest absolute Gasteiger partial charge is 0.419 e. The Bertz CT molecular complexity index is 1100. The average Bonchev–Trinajstić information content (AvgIpc) is 3.17. The second-order valence-electron chi connectivity index (χ2n) is 6.42. The third-order valence-corrected chi connectivity index (χ3v) is 4.95. The van der Waals surface area contributed by atoms with Crippen LogP contribution in [0.25, 0.3) is 0 Å². The van der Waals surface area contributed by atoms with E-state index in [4.69, 9.17) is 20.8 Å². The van der Waals surface area contributed by atoms with E-state index < -0.39 is 17.5 Å². The zero-order valence-corrected chi connectivity index (χ0v) is 14.9. The molecule has 2 aromatic carbocycles. The number of hydrogen-bond acceptors (Lipinski definition) is 4. The molecule has 3 aromatic rings. The summed E-state index contributed by atoms with van der Waals surface area (Å²) in [6, 6.07) is 8.07. The maximum atomic E-state index is 12.7. The van der Waals surface area contributed by atoms with E-state index >= 15 is 0 Å². The number of aromatic amines is 1. The topological polar surface area (TPSA) is 75.5 Å². The molecular formula is C19H13ClF3NO4. The third kappa shape index (κ3) is 3.35. The van der Waals surface area contributed by atoms with Crippen LogP contribution in [0, 0.1) is 0 Å². The second kappa shape index (κ2) is 6.63. The van der Waals surface area contributed by atoms with Crippen LogP contribution >= 0.6 is 11.6 Å². The quantitative estimate of drug-likeness (QED) is 0.620. The van der Waals surface area contributed by atoms with Crippen LogP contribution in [-0.2, 0) is 12.6 Å². The van der Waals surface area contributed by atoms with E-state index in [1.54, 1.807) is 18.2 Å². The molecule has 0 spiro atoms. The van der Waals surface area contributed by atoms with Gasteiger partial charge in [0.05, 0.1) is 10.6 Å². The van der Waals surface area contributed by atoms with Gasteiger partial charge in [-0.1, -0.05) is 17.7 Å². The summed E-state index contributed by atoms with van der Waals surface area (Å²) in [6.07, 6.45) is -3.19. The lowest BCUT2D eigenvalue weighted by Crippen LogP contribution is -2.04. The van der Waals surface area contributed by atoms with Gasteiger partial charge in [-0.3, -0.25) is 4.98 Å². The lowest BCUT2D eigenvalue weighted by atomic mass is 9.99. The minimum Gasteiger partial charge on any atom is -0.492 e. The van der Waals surface area contributed by atoms with Crippen molar-refractivity contribution in [2.75, 3.05) is 0 Å². The molecule has 0 unspecified atom stereocenters. The van der Waals surface area contributed by atoms with Crippen LogP contribution in [0.3, 0.4) is 0 Å². The molecule has 2 N–H and O–H groups in total. The normalized spacial score (nSPS) is 16.2. The molecule has 0 bridgehead atoms. The van der Waals surface area contributed by atoms with Crippen LogP contribution in [0.1, 0.15) is 34.8 Å². The standard InChI is InChI=1S/C19H13ClF3NO4/c20-14-8-10(19(21,22)23)2-6-15(14)27-11-3-5-12-9(7-11)1-4-13(12)16-17(25)24-18(26)28-16/h2-3,5-8,13,25H,1,4H2,(H,24,26)/t13-/m1/s1. The molecule has 0 fully saturated rings. The van der Waals surface area contributed by atoms with Crippen molar-refractivity contribution >= 4 is 11.6 Å². The number of aromatic nitrogens is 1. The Morgan fingerprint density at radius 2 is 2.00 bits per heavy atom. The van der Waals surface area contributed by atoms with Crippen molar-refractivity contribution in [1.82, 2.24) is 4.98 Å². The lowest BCUT2D eigenvalue weighted by molar-refractivity contribution is -0.137. The van der Waals surface area contributed by atoms with E-state index in [9.17, 15) is 23.1 Å². The van der Waals surface area contributed by atoms with Crippen LogP contribution in [0.2, 0.25) is 5.02 Å². The molecule has 146 valence electrons. The summed E-state index contributed by atoms with van der Waals surface area (Å²) in [5.41, 5.74) is 0.951. The van der Waals surface area contributed by atoms with Gasteiger partial charge >= 0.3 is 11.9 Å². The molecular weight excluding hydrogens is 399 g/mol. The first-order valence-electron chi connectivity index (χ1n) is 8.32. The summed E-state index contributed by atoms with van der Waals surface area (Å²) in [4.78, 5) is 13.5. The maximum Gasteiger partial charge on any atom is 0.419 e. The fourth-order valence-corrected chi connectivity index (χ4v) is 3.60. The predicted molar refractivity (Wildman–Crippen MR) is 94.1 cm³/mol. The van der Waals surface area contributed by atoms with E-state index in [0.29, 0.717) is 18.6 Å². The Labute approximate surface area is 161 Å². The number of benzene rings is 2. The van der Waals surface area contributed by atoms with E-state index in [-0.39, 0.29) is 28.3 Å². The summed E-state index contributed by atoms with van der Waals surface area (Å²) in [7, 11) is 0. The molecule has 1 atom stereocenters. The van der Waals surface area contributed by atoms with Gasteiger partial charge in [0.15, 0.2) is 5.76 Å². The van der Waals surface area contributed by atoms with Crippen LogP contribution in [0.15, 0.2) is 45.6 Å². The van der Waals surface area contributed by atoms with Gasteiger partial charge in [-0.05, 0) is 54.3 Å². The minimum atomic E-state index is -4.48. The summed E-state index contributed by atoms with van der Waals surface area (Å²) < 4.78 is 48.9. The fraction of sp³-hybridized carbons (Fsp3) is 0.211. The van der Waals surface area contributed by atoms with Gasteiger partial charge < -0.3 is 14.3 Å². The Kier molecular flexibility index (Phi) is 4.38. The molecule has 1 aliphatic carbocycles. The van der Waals surface area contributed by atoms with E-state index in [2.05, 4.69) is 4.98 Å². The number of halogens is 4. The number of hydrogen-bond donors (Lipinski definition) is 2. The highest BCUT2D eigenvalue weighted by molar-refractivity contribution is 6.32. The first kappa shape index (κ1) is 18.5. The summed E-state index contributed by atoms with van der Waals surface area (Å²) >= 11 is 5.93. The van der Waals surface area contributed by atoms with Crippen molar-refractivity contribution in [3.63, 3.8) is 0 Å². The molecule has 0 amide bonds. The average molecular weight is 412 g/mol. The van der Waals surface area contributed by atoms with Crippen LogP contribution in [0.4, 0.5) is 13.2 Å². The maximum absolute atomic E-state index is 12.7. The van der Waals surface area contributed by atoms with Crippen LogP contribution in [-0.4, -0.2) is 10.1 Å². The van der Waals surface area contributed by atoms with Gasteiger partial charge in [0, 0.05) is 5.92 Å². The summed E-state index contributed by atoms with van der Waals surface area (Å²) in [5.74, 6) is -0.572. The predicted octanol–water partition coefficient (Wildman–Crippen LogP) is 5.22. The largest absolute Gasteiger partial charge is 0.492 e. The van der Waals surface area contributed by atoms with Crippen LogP contribution < -0.4 is 10.5 Å². The number of oxazole rings is 1. The molecule has 0 aliphatic heterocycles. The number of aryl methyl sites for hydroxylation is 1. The summed E-state index contributed by atoms with van der Waals surface area (Å²) in [6.45, 7) is 0. The highest BCUT2D eigenvalue weighted by atomic mass is 35.5. The Morgan fingerprint density at radius 1 is 1.21 bits per heavy atom. The zero-order chi connectivity index (χ0) is 20.1. The van der Waals surface area contributed by atoms with Gasteiger partial charge in [0.1, 0.15) is 11.5 Å². The van der Waals surface area contributed by atoms with Gasteiger partial charge in [0.2, 0.25) is 5.88 Å². The summed E-state index contributed by atoms with van der Waals surface area (Å²) in [5, 5.41) is 9.66. The van der Waals surface area contributed by atoms with Gasteiger partial charge in [-0.25, -0.2) is 4.79 Å². The highest BCUT2D eigenvalue weighted by Gasteiger charge is 2.32. The SMILES string of the molecule is O=c1[nH]c(O)c([C@@H]2CCc3cc(Oc4ccc(C(F)(F)F)cc4Cl)ccc32)o1. The second-order valence-corrected chi connectivity index (χ2v) is 6.83. The van der Waals surface area contributed by atoms with E-state index in [1.165, 1.54) is 6.07 Å². The number of alkyl halides is 3. The van der Waals surface area contributed by atoms with Crippen molar-refractivity contribution in [1.29, 1.82) is 0 Å². The van der Waals surface area contributed by atoms with Crippen LogP contribution in [0.5, 0.6) is 17.4 Å². The van der Waals surface area contributed by atoms with Crippen molar-refractivity contribution in [3.05, 3.63) is 74.4 Å². The van der Waals surface area contributed by atoms with E-state index in [0.717, 1.165) is 23.3 Å². The fourth-order valence-electron chi connectivity index (χ4n) is 3.38. The van der Waals surface area contributed by atoms with Crippen molar-refractivity contribution < 1.29 is 27.4 Å². The Hall–Kier alpha value is -2.87. The third-order valence-electron chi connectivity index (χ3n) is 4.65. The number of H-pyrrole nitrogens is 1. The molecule has 1 aliphatic rings. The molecule has 0 saturated heterocycles. The van der Waals surface area contributed by atoms with Crippen molar-refractivity contribution in [2.45, 2.75) is 24.9 Å². The Morgan fingerprint density at radius 3 is 2.64 bits per heavy atom. The molecule has 1 heterocycles. The first-order valence-corrected chi connectivity index (χ1v) is 8.69. The minimum absolute atomic E-state index is 0.110. The molecule has 1 aromatic heterocycles. The Balaban J connectivity index is 1.59. The molecule has 4 rings (SSSR count). The monoisotopic (exact) mass is 411 g/mol. The lowest BCUT2D eigenvalue weighted by Gasteiger charge is -2.13. The number of aromatic hydroxyl groups is 1. The molecule has 0 radical (unpaired) electrons.